The Morgan fingerprint density at radius 1 is 1.10 bits per heavy atom. The Balaban J connectivity index is 3.50. The van der Waals surface area contributed by atoms with Crippen LogP contribution in [0.15, 0.2) is 0 Å². The van der Waals surface area contributed by atoms with Crippen LogP contribution in [0.5, 0.6) is 0 Å². The quantitative estimate of drug-likeness (QED) is 0.392. The van der Waals surface area contributed by atoms with Crippen molar-refractivity contribution >= 4 is 0 Å². The standard InChI is InChI=1S/C6H14O4/c1-4(8)2-5(9)6(10)3-7/h4-10H,2-3H2,1H3/t4?,5?,6-/m0/s1. The molecule has 0 heterocycles. The largest absolute Gasteiger partial charge is 0.394 e. The van der Waals surface area contributed by atoms with Gasteiger partial charge in [0, 0.05) is 6.42 Å². The number of aliphatic hydroxyl groups excluding tert-OH is 4. The Morgan fingerprint density at radius 2 is 1.60 bits per heavy atom. The summed E-state index contributed by atoms with van der Waals surface area (Å²) in [4.78, 5) is 0. The highest BCUT2D eigenvalue weighted by molar-refractivity contribution is 4.67. The second-order valence-corrected chi connectivity index (χ2v) is 2.40. The molecule has 62 valence electrons. The van der Waals surface area contributed by atoms with E-state index in [4.69, 9.17) is 20.4 Å². The number of aliphatic hydroxyl groups is 4. The molecule has 10 heavy (non-hydrogen) atoms. The second-order valence-electron chi connectivity index (χ2n) is 2.40. The highest BCUT2D eigenvalue weighted by Gasteiger charge is 2.16. The van der Waals surface area contributed by atoms with E-state index in [9.17, 15) is 0 Å². The van der Waals surface area contributed by atoms with Crippen molar-refractivity contribution in [2.75, 3.05) is 6.61 Å². The predicted octanol–water partition coefficient (Wildman–Crippen LogP) is -1.53. The van der Waals surface area contributed by atoms with Crippen molar-refractivity contribution in [3.63, 3.8) is 0 Å². The van der Waals surface area contributed by atoms with Gasteiger partial charge in [0.25, 0.3) is 0 Å². The molecular weight excluding hydrogens is 136 g/mol. The zero-order chi connectivity index (χ0) is 8.15. The van der Waals surface area contributed by atoms with Crippen molar-refractivity contribution < 1.29 is 20.4 Å². The van der Waals surface area contributed by atoms with Crippen LogP contribution in [0.2, 0.25) is 0 Å². The van der Waals surface area contributed by atoms with Crippen LogP contribution in [-0.4, -0.2) is 45.3 Å². The molecule has 0 aromatic carbocycles. The summed E-state index contributed by atoms with van der Waals surface area (Å²) in [7, 11) is 0. The van der Waals surface area contributed by atoms with E-state index in [0.29, 0.717) is 0 Å². The maximum atomic E-state index is 8.92. The minimum absolute atomic E-state index is 0.0850. The lowest BCUT2D eigenvalue weighted by atomic mass is 10.1. The third-order valence-electron chi connectivity index (χ3n) is 1.21. The van der Waals surface area contributed by atoms with Crippen LogP contribution in [0.4, 0.5) is 0 Å². The van der Waals surface area contributed by atoms with E-state index in [-0.39, 0.29) is 6.42 Å². The van der Waals surface area contributed by atoms with Crippen LogP contribution < -0.4 is 0 Å². The molecule has 2 unspecified atom stereocenters. The maximum absolute atomic E-state index is 8.92. The highest BCUT2D eigenvalue weighted by Crippen LogP contribution is 2.01. The van der Waals surface area contributed by atoms with Gasteiger partial charge < -0.3 is 20.4 Å². The molecule has 0 aliphatic rings. The van der Waals surface area contributed by atoms with E-state index >= 15 is 0 Å². The summed E-state index contributed by atoms with van der Waals surface area (Å²) in [5.74, 6) is 0. The summed E-state index contributed by atoms with van der Waals surface area (Å²) in [6.45, 7) is 1.03. The molecule has 0 aliphatic heterocycles. The fourth-order valence-electron chi connectivity index (χ4n) is 0.628. The summed E-state index contributed by atoms with van der Waals surface area (Å²) in [6.07, 6.45) is -2.75. The molecule has 4 heteroatoms. The van der Waals surface area contributed by atoms with Gasteiger partial charge in [-0.2, -0.15) is 0 Å². The van der Waals surface area contributed by atoms with Crippen LogP contribution in [0.3, 0.4) is 0 Å². The predicted molar refractivity (Wildman–Crippen MR) is 35.4 cm³/mol. The molecule has 0 saturated heterocycles. The first-order valence-corrected chi connectivity index (χ1v) is 3.23. The topological polar surface area (TPSA) is 80.9 Å². The average Bonchev–Trinajstić information content (AvgIpc) is 1.85. The van der Waals surface area contributed by atoms with Gasteiger partial charge >= 0.3 is 0 Å². The molecule has 4 N–H and O–H groups in total. The van der Waals surface area contributed by atoms with Gasteiger partial charge in [-0.3, -0.25) is 0 Å². The van der Waals surface area contributed by atoms with Crippen molar-refractivity contribution in [1.82, 2.24) is 0 Å². The fourth-order valence-corrected chi connectivity index (χ4v) is 0.628. The first-order valence-electron chi connectivity index (χ1n) is 3.23. The minimum Gasteiger partial charge on any atom is -0.394 e. The van der Waals surface area contributed by atoms with Gasteiger partial charge in [0.05, 0.1) is 18.8 Å². The molecule has 0 saturated carbocycles. The van der Waals surface area contributed by atoms with E-state index in [0.717, 1.165) is 0 Å². The lowest BCUT2D eigenvalue weighted by molar-refractivity contribution is -0.0338. The molecule has 0 radical (unpaired) electrons. The Bertz CT molecular complexity index is 83.8. The van der Waals surface area contributed by atoms with Gasteiger partial charge in [-0.25, -0.2) is 0 Å². The minimum atomic E-state index is -1.14. The molecule has 0 aromatic heterocycles. The van der Waals surface area contributed by atoms with E-state index in [1.54, 1.807) is 0 Å². The Kier molecular flexibility index (Phi) is 4.55. The average molecular weight is 150 g/mol. The van der Waals surface area contributed by atoms with Crippen LogP contribution in [0.1, 0.15) is 13.3 Å². The van der Waals surface area contributed by atoms with E-state index in [1.165, 1.54) is 6.92 Å². The molecule has 0 spiro atoms. The molecule has 4 nitrogen and oxygen atoms in total. The summed E-state index contributed by atoms with van der Waals surface area (Å²) < 4.78 is 0. The normalized spacial score (nSPS) is 20.1. The zero-order valence-corrected chi connectivity index (χ0v) is 5.94. The van der Waals surface area contributed by atoms with E-state index < -0.39 is 24.9 Å². The number of hydrogen-bond donors (Lipinski definition) is 4. The van der Waals surface area contributed by atoms with Crippen molar-refractivity contribution in [2.24, 2.45) is 0 Å². The van der Waals surface area contributed by atoms with Crippen LogP contribution in [-0.2, 0) is 0 Å². The molecule has 0 bridgehead atoms. The van der Waals surface area contributed by atoms with Gasteiger partial charge in [0.15, 0.2) is 0 Å². The van der Waals surface area contributed by atoms with E-state index in [1.807, 2.05) is 0 Å². The molecule has 0 fully saturated rings. The Labute approximate surface area is 59.7 Å². The third kappa shape index (κ3) is 3.79. The van der Waals surface area contributed by atoms with Gasteiger partial charge in [0.2, 0.25) is 0 Å². The third-order valence-corrected chi connectivity index (χ3v) is 1.21. The van der Waals surface area contributed by atoms with Crippen molar-refractivity contribution in [3.05, 3.63) is 0 Å². The van der Waals surface area contributed by atoms with E-state index in [2.05, 4.69) is 0 Å². The number of hydrogen-bond acceptors (Lipinski definition) is 4. The van der Waals surface area contributed by atoms with Crippen LogP contribution in [0, 0.1) is 0 Å². The van der Waals surface area contributed by atoms with Gasteiger partial charge in [-0.05, 0) is 6.92 Å². The first kappa shape index (κ1) is 9.84. The lowest BCUT2D eigenvalue weighted by Crippen LogP contribution is -2.31. The fraction of sp³-hybridized carbons (Fsp3) is 1.00. The molecule has 3 atom stereocenters. The summed E-state index contributed by atoms with van der Waals surface area (Å²) in [6, 6.07) is 0. The molecule has 0 aromatic rings. The second kappa shape index (κ2) is 4.62. The summed E-state index contributed by atoms with van der Waals surface area (Å²) in [5, 5.41) is 34.7. The molecule has 0 amide bonds. The van der Waals surface area contributed by atoms with Crippen LogP contribution in [0.25, 0.3) is 0 Å². The van der Waals surface area contributed by atoms with Crippen molar-refractivity contribution in [3.8, 4) is 0 Å². The lowest BCUT2D eigenvalue weighted by Gasteiger charge is -2.16. The molecular formula is C6H14O4. The first-order chi connectivity index (χ1) is 4.57. The SMILES string of the molecule is CC(O)CC(O)[C@@H](O)CO. The molecule has 0 aliphatic carbocycles. The zero-order valence-electron chi connectivity index (χ0n) is 5.94. The highest BCUT2D eigenvalue weighted by atomic mass is 16.4. The molecule has 0 rings (SSSR count). The van der Waals surface area contributed by atoms with Crippen molar-refractivity contribution in [1.29, 1.82) is 0 Å². The Hall–Kier alpha value is -0.160. The smallest absolute Gasteiger partial charge is 0.103 e. The Morgan fingerprint density at radius 3 is 1.90 bits per heavy atom. The maximum Gasteiger partial charge on any atom is 0.103 e. The summed E-state index contributed by atoms with van der Waals surface area (Å²) >= 11 is 0. The number of rotatable bonds is 4. The van der Waals surface area contributed by atoms with Gasteiger partial charge in [0.1, 0.15) is 6.10 Å². The summed E-state index contributed by atoms with van der Waals surface area (Å²) in [5.41, 5.74) is 0. The van der Waals surface area contributed by atoms with Crippen LogP contribution >= 0.6 is 0 Å². The van der Waals surface area contributed by atoms with Gasteiger partial charge in [-0.15, -0.1) is 0 Å². The monoisotopic (exact) mass is 150 g/mol. The van der Waals surface area contributed by atoms with Crippen molar-refractivity contribution in [2.45, 2.75) is 31.7 Å². The van der Waals surface area contributed by atoms with Gasteiger partial charge in [-0.1, -0.05) is 0 Å².